The predicted octanol–water partition coefficient (Wildman–Crippen LogP) is 1.03. The van der Waals surface area contributed by atoms with E-state index >= 15 is 0 Å². The molecule has 1 aromatic carbocycles. The molecule has 0 aliphatic carbocycles. The van der Waals surface area contributed by atoms with Gasteiger partial charge in [0, 0.05) is 5.56 Å². The molecule has 0 bridgehead atoms. The summed E-state index contributed by atoms with van der Waals surface area (Å²) in [5.74, 6) is 0. The van der Waals surface area contributed by atoms with E-state index in [1.165, 1.54) is 12.1 Å². The smallest absolute Gasteiger partial charge is 0.370 e. The van der Waals surface area contributed by atoms with Gasteiger partial charge in [-0.05, 0) is 0 Å². The summed E-state index contributed by atoms with van der Waals surface area (Å²) in [4.78, 5) is 0. The first-order valence-electron chi connectivity index (χ1n) is 3.15. The summed E-state index contributed by atoms with van der Waals surface area (Å²) in [5.41, 5.74) is -0.0880. The Morgan fingerprint density at radius 1 is 1.18 bits per heavy atom. The van der Waals surface area contributed by atoms with Crippen molar-refractivity contribution in [2.75, 3.05) is 0 Å². The summed E-state index contributed by atoms with van der Waals surface area (Å²) >= 11 is 0. The van der Waals surface area contributed by atoms with Gasteiger partial charge in [-0.1, -0.05) is 30.3 Å². The zero-order chi connectivity index (χ0) is 8.32. The van der Waals surface area contributed by atoms with Crippen molar-refractivity contribution in [3.05, 3.63) is 35.9 Å². The summed E-state index contributed by atoms with van der Waals surface area (Å²) in [6.07, 6.45) is -3.10. The van der Waals surface area contributed by atoms with Crippen LogP contribution in [0.1, 0.15) is 5.56 Å². The van der Waals surface area contributed by atoms with Crippen molar-refractivity contribution in [3.8, 4) is 0 Å². The van der Waals surface area contributed by atoms with Crippen LogP contribution in [0.5, 0.6) is 0 Å². The number of benzene rings is 1. The lowest BCUT2D eigenvalue weighted by atomic mass is 10.2. The van der Waals surface area contributed by atoms with Crippen molar-refractivity contribution in [3.63, 3.8) is 0 Å². The second-order valence-corrected chi connectivity index (χ2v) is 2.50. The Bertz CT molecular complexity index is 225. The van der Waals surface area contributed by atoms with Gasteiger partial charge in [0.1, 0.15) is 0 Å². The molecular formula is C7H8F2OSi. The molecule has 60 valence electrons. The van der Waals surface area contributed by atoms with E-state index in [0.717, 1.165) is 0 Å². The van der Waals surface area contributed by atoms with Crippen LogP contribution in [0.25, 0.3) is 0 Å². The quantitative estimate of drug-likeness (QED) is 0.608. The molecule has 1 aromatic rings. The fourth-order valence-corrected chi connectivity index (χ4v) is 0.986. The summed E-state index contributed by atoms with van der Waals surface area (Å²) in [7, 11) is 0.0322. The molecule has 0 N–H and O–H groups in total. The molecule has 0 atom stereocenters. The van der Waals surface area contributed by atoms with Crippen molar-refractivity contribution < 1.29 is 13.2 Å². The molecule has 0 amide bonds. The molecule has 1 rings (SSSR count). The molecular weight excluding hydrogens is 166 g/mol. The van der Waals surface area contributed by atoms with Crippen LogP contribution >= 0.6 is 0 Å². The molecule has 0 aliphatic rings. The summed E-state index contributed by atoms with van der Waals surface area (Å²) in [5, 5.41) is 0. The summed E-state index contributed by atoms with van der Waals surface area (Å²) in [6, 6.07) is 7.50. The number of halogens is 2. The van der Waals surface area contributed by atoms with Gasteiger partial charge in [-0.3, -0.25) is 0 Å². The fraction of sp³-hybridized carbons (Fsp3) is 0.143. The maximum atomic E-state index is 12.7. The SMILES string of the molecule is FC(F)(O[SiH3])c1ccccc1. The van der Waals surface area contributed by atoms with Crippen LogP contribution in [0.15, 0.2) is 30.3 Å². The van der Waals surface area contributed by atoms with Crippen molar-refractivity contribution >= 4 is 10.5 Å². The topological polar surface area (TPSA) is 9.23 Å². The van der Waals surface area contributed by atoms with E-state index in [4.69, 9.17) is 0 Å². The summed E-state index contributed by atoms with van der Waals surface area (Å²) < 4.78 is 29.5. The first kappa shape index (κ1) is 8.35. The Kier molecular flexibility index (Phi) is 2.36. The molecule has 0 unspecified atom stereocenters. The van der Waals surface area contributed by atoms with Crippen LogP contribution in [0.4, 0.5) is 8.78 Å². The lowest BCUT2D eigenvalue weighted by Gasteiger charge is -2.13. The second kappa shape index (κ2) is 3.10. The highest BCUT2D eigenvalue weighted by molar-refractivity contribution is 5.98. The normalized spacial score (nSPS) is 11.8. The van der Waals surface area contributed by atoms with Crippen LogP contribution in [0.3, 0.4) is 0 Å². The van der Waals surface area contributed by atoms with E-state index in [9.17, 15) is 8.78 Å². The highest BCUT2D eigenvalue weighted by Crippen LogP contribution is 2.27. The van der Waals surface area contributed by atoms with Crippen LogP contribution in [-0.2, 0) is 10.5 Å². The molecule has 1 nitrogen and oxygen atoms in total. The van der Waals surface area contributed by atoms with Gasteiger partial charge in [-0.2, -0.15) is 8.78 Å². The van der Waals surface area contributed by atoms with E-state index < -0.39 is 6.11 Å². The predicted molar refractivity (Wildman–Crippen MR) is 41.4 cm³/mol. The molecule has 11 heavy (non-hydrogen) atoms. The third-order valence-electron chi connectivity index (χ3n) is 1.37. The van der Waals surface area contributed by atoms with Gasteiger partial charge in [0.15, 0.2) is 10.5 Å². The number of alkyl halides is 2. The Morgan fingerprint density at radius 2 is 1.73 bits per heavy atom. The van der Waals surface area contributed by atoms with Crippen molar-refractivity contribution in [2.45, 2.75) is 6.11 Å². The highest BCUT2D eigenvalue weighted by Gasteiger charge is 2.29. The lowest BCUT2D eigenvalue weighted by Crippen LogP contribution is -2.15. The van der Waals surface area contributed by atoms with Crippen LogP contribution in [-0.4, -0.2) is 10.5 Å². The van der Waals surface area contributed by atoms with Gasteiger partial charge in [-0.25, -0.2) is 0 Å². The minimum atomic E-state index is -3.10. The first-order chi connectivity index (χ1) is 5.17. The largest absolute Gasteiger partial charge is 0.373 e. The van der Waals surface area contributed by atoms with Gasteiger partial charge in [0.2, 0.25) is 0 Å². The monoisotopic (exact) mass is 174 g/mol. The van der Waals surface area contributed by atoms with E-state index in [1.54, 1.807) is 18.2 Å². The summed E-state index contributed by atoms with van der Waals surface area (Å²) in [6.45, 7) is 0. The molecule has 0 saturated carbocycles. The van der Waals surface area contributed by atoms with Crippen LogP contribution in [0, 0.1) is 0 Å². The van der Waals surface area contributed by atoms with Crippen molar-refractivity contribution in [1.29, 1.82) is 0 Å². The number of hydrogen-bond donors (Lipinski definition) is 0. The standard InChI is InChI=1S/C7H8F2OSi/c8-7(9,10-11)6-4-2-1-3-5-6/h1-5H,11H3. The van der Waals surface area contributed by atoms with Gasteiger partial charge in [0.05, 0.1) is 0 Å². The third-order valence-corrected chi connectivity index (χ3v) is 1.88. The Morgan fingerprint density at radius 3 is 2.18 bits per heavy atom. The minimum Gasteiger partial charge on any atom is -0.370 e. The van der Waals surface area contributed by atoms with E-state index in [1.807, 2.05) is 0 Å². The number of hydrogen-bond acceptors (Lipinski definition) is 1. The average Bonchev–Trinajstić information content (AvgIpc) is 2.06. The fourth-order valence-electron chi connectivity index (χ4n) is 0.750. The van der Waals surface area contributed by atoms with Gasteiger partial charge < -0.3 is 4.43 Å². The second-order valence-electron chi connectivity index (χ2n) is 2.09. The van der Waals surface area contributed by atoms with E-state index in [0.29, 0.717) is 0 Å². The molecule has 0 aliphatic heterocycles. The Balaban J connectivity index is 2.93. The molecule has 0 aromatic heterocycles. The first-order valence-corrected chi connectivity index (χ1v) is 3.97. The van der Waals surface area contributed by atoms with Crippen molar-refractivity contribution in [1.82, 2.24) is 0 Å². The molecule has 0 spiro atoms. The molecule has 4 heteroatoms. The zero-order valence-corrected chi connectivity index (χ0v) is 8.05. The molecule has 0 saturated heterocycles. The van der Waals surface area contributed by atoms with Gasteiger partial charge >= 0.3 is 6.11 Å². The Hall–Kier alpha value is -0.743. The average molecular weight is 174 g/mol. The maximum Gasteiger partial charge on any atom is 0.373 e. The van der Waals surface area contributed by atoms with Gasteiger partial charge in [0.25, 0.3) is 0 Å². The van der Waals surface area contributed by atoms with E-state index in [2.05, 4.69) is 4.43 Å². The highest BCUT2D eigenvalue weighted by atomic mass is 28.2. The van der Waals surface area contributed by atoms with Crippen LogP contribution < -0.4 is 0 Å². The van der Waals surface area contributed by atoms with Crippen LogP contribution in [0.2, 0.25) is 0 Å². The van der Waals surface area contributed by atoms with E-state index in [-0.39, 0.29) is 16.0 Å². The molecule has 0 heterocycles. The lowest BCUT2D eigenvalue weighted by molar-refractivity contribution is -0.183. The minimum absolute atomic E-state index is 0.0322. The number of rotatable bonds is 2. The molecule has 0 fully saturated rings. The Labute approximate surface area is 66.5 Å². The van der Waals surface area contributed by atoms with Crippen molar-refractivity contribution in [2.24, 2.45) is 0 Å². The third kappa shape index (κ3) is 1.84. The maximum absolute atomic E-state index is 12.7. The van der Waals surface area contributed by atoms with Gasteiger partial charge in [-0.15, -0.1) is 0 Å². The molecule has 0 radical (unpaired) electrons. The zero-order valence-electron chi connectivity index (χ0n) is 6.05.